The van der Waals surface area contributed by atoms with Gasteiger partial charge in [0.1, 0.15) is 0 Å². The summed E-state index contributed by atoms with van der Waals surface area (Å²) in [4.78, 5) is 0. The number of aliphatic hydroxyl groups excluding tert-OH is 1. The number of aliphatic hydroxyl groups is 2. The minimum Gasteiger partial charge on any atom is -0.394 e. The molecule has 1 heterocycles. The maximum absolute atomic E-state index is 9.32. The Balaban J connectivity index is -0.000000204. The van der Waals surface area contributed by atoms with Gasteiger partial charge < -0.3 is 64.5 Å². The first-order chi connectivity index (χ1) is 16.8. The Morgan fingerprint density at radius 3 is 1.32 bits per heavy atom. The molecule has 37 heavy (non-hydrogen) atoms. The van der Waals surface area contributed by atoms with E-state index in [0.717, 1.165) is 59.0 Å². The van der Waals surface area contributed by atoms with Gasteiger partial charge in [-0.1, -0.05) is 7.43 Å². The third kappa shape index (κ3) is 49.1. The van der Waals surface area contributed by atoms with Crippen LogP contribution in [0.4, 0.5) is 0 Å². The Morgan fingerprint density at radius 1 is 0.703 bits per heavy atom. The molecule has 0 atom stereocenters. The Morgan fingerprint density at radius 2 is 1.03 bits per heavy atom. The second-order valence-electron chi connectivity index (χ2n) is 10.4. The Bertz CT molecular complexity index is 428. The SMILES string of the molecule is C.CC(C)(CO)NCCNCCN.CC(C)(O)CNCCNCCN.CC1(C)CO1.NCCNCCN. The zero-order chi connectivity index (χ0) is 28.3. The molecule has 0 aromatic heterocycles. The van der Waals surface area contributed by atoms with Crippen LogP contribution in [-0.2, 0) is 4.74 Å². The maximum atomic E-state index is 9.32. The van der Waals surface area contributed by atoms with Crippen molar-refractivity contribution in [3.05, 3.63) is 0 Å². The van der Waals surface area contributed by atoms with E-state index < -0.39 is 5.60 Å². The van der Waals surface area contributed by atoms with Crippen molar-refractivity contribution in [3.63, 3.8) is 0 Å². The van der Waals surface area contributed by atoms with Gasteiger partial charge in [0.25, 0.3) is 0 Å². The van der Waals surface area contributed by atoms with Gasteiger partial charge in [0.05, 0.1) is 24.4 Å². The van der Waals surface area contributed by atoms with Crippen molar-refractivity contribution in [2.45, 2.75) is 65.7 Å². The number of hydrogen-bond acceptors (Lipinski definition) is 12. The minimum absolute atomic E-state index is 0. The molecule has 0 saturated carbocycles. The van der Waals surface area contributed by atoms with E-state index in [2.05, 4.69) is 40.4 Å². The summed E-state index contributed by atoms with van der Waals surface area (Å²) in [5, 5.41) is 33.9. The molecule has 0 aromatic rings. The van der Waals surface area contributed by atoms with Crippen LogP contribution in [-0.4, -0.2) is 125 Å². The molecular weight excluding hydrogens is 474 g/mol. The van der Waals surface area contributed by atoms with Crippen molar-refractivity contribution in [3.8, 4) is 0 Å². The molecule has 0 aromatic carbocycles. The number of hydrogen-bond donors (Lipinski definition) is 11. The second kappa shape index (κ2) is 28.5. The van der Waals surface area contributed by atoms with Crippen molar-refractivity contribution < 1.29 is 14.9 Å². The van der Waals surface area contributed by atoms with Gasteiger partial charge >= 0.3 is 0 Å². The van der Waals surface area contributed by atoms with Crippen molar-refractivity contribution in [1.29, 1.82) is 0 Å². The highest BCUT2D eigenvalue weighted by molar-refractivity contribution is 4.79. The Hall–Kier alpha value is -0.480. The molecule has 1 fully saturated rings. The first kappa shape index (κ1) is 43.6. The van der Waals surface area contributed by atoms with E-state index in [9.17, 15) is 5.11 Å². The first-order valence-corrected chi connectivity index (χ1v) is 13.2. The van der Waals surface area contributed by atoms with E-state index in [1.165, 1.54) is 0 Å². The Labute approximate surface area is 228 Å². The topological polar surface area (TPSA) is 217 Å². The number of nitrogens with one attached hydrogen (secondary N) is 5. The Kier molecular flexibility index (Phi) is 33.6. The quantitative estimate of drug-likeness (QED) is 0.0653. The zero-order valence-corrected chi connectivity index (χ0v) is 24.2. The molecule has 12 nitrogen and oxygen atoms in total. The lowest BCUT2D eigenvalue weighted by Crippen LogP contribution is -2.45. The van der Waals surface area contributed by atoms with Gasteiger partial charge in [-0.25, -0.2) is 0 Å². The van der Waals surface area contributed by atoms with Crippen LogP contribution in [0.25, 0.3) is 0 Å². The number of epoxide rings is 1. The molecule has 1 aliphatic rings. The summed E-state index contributed by atoms with van der Waals surface area (Å²) in [7, 11) is 0. The second-order valence-corrected chi connectivity index (χ2v) is 10.4. The molecule has 230 valence electrons. The zero-order valence-electron chi connectivity index (χ0n) is 24.2. The van der Waals surface area contributed by atoms with E-state index in [4.69, 9.17) is 32.8 Å². The highest BCUT2D eigenvalue weighted by atomic mass is 16.6. The molecule has 12 heteroatoms. The van der Waals surface area contributed by atoms with Gasteiger partial charge in [0.15, 0.2) is 0 Å². The fourth-order valence-corrected chi connectivity index (χ4v) is 2.04. The van der Waals surface area contributed by atoms with Crippen molar-refractivity contribution >= 4 is 0 Å². The van der Waals surface area contributed by atoms with Gasteiger partial charge in [-0.2, -0.15) is 0 Å². The first-order valence-electron chi connectivity index (χ1n) is 13.2. The average Bonchev–Trinajstić information content (AvgIpc) is 3.51. The van der Waals surface area contributed by atoms with Crippen LogP contribution in [0.5, 0.6) is 0 Å². The third-order valence-corrected chi connectivity index (χ3v) is 4.34. The lowest BCUT2D eigenvalue weighted by molar-refractivity contribution is 0.0801. The summed E-state index contributed by atoms with van der Waals surface area (Å²) in [5.41, 5.74) is 20.4. The summed E-state index contributed by atoms with van der Waals surface area (Å²) >= 11 is 0. The van der Waals surface area contributed by atoms with Crippen molar-refractivity contribution in [1.82, 2.24) is 26.6 Å². The summed E-state index contributed by atoms with van der Waals surface area (Å²) < 4.78 is 4.90. The molecule has 1 saturated heterocycles. The molecule has 0 bridgehead atoms. The van der Waals surface area contributed by atoms with Crippen molar-refractivity contribution in [2.24, 2.45) is 22.9 Å². The number of ether oxygens (including phenoxy) is 1. The molecule has 0 amide bonds. The predicted molar refractivity (Wildman–Crippen MR) is 160 cm³/mol. The highest BCUT2D eigenvalue weighted by Gasteiger charge is 2.32. The summed E-state index contributed by atoms with van der Waals surface area (Å²) in [6.45, 7) is 23.1. The van der Waals surface area contributed by atoms with E-state index >= 15 is 0 Å². The summed E-state index contributed by atoms with van der Waals surface area (Å²) in [6.07, 6.45) is 0. The number of rotatable bonds is 18. The van der Waals surface area contributed by atoms with Crippen LogP contribution >= 0.6 is 0 Å². The fraction of sp³-hybridized carbons (Fsp3) is 1.00. The van der Waals surface area contributed by atoms with Crippen LogP contribution in [0.15, 0.2) is 0 Å². The van der Waals surface area contributed by atoms with Crippen LogP contribution < -0.4 is 49.5 Å². The predicted octanol–water partition coefficient (Wildman–Crippen LogP) is -2.28. The highest BCUT2D eigenvalue weighted by Crippen LogP contribution is 2.23. The lowest BCUT2D eigenvalue weighted by atomic mass is 10.1. The number of nitrogens with two attached hydrogens (primary N) is 4. The minimum atomic E-state index is -0.617. The van der Waals surface area contributed by atoms with Crippen LogP contribution in [0.3, 0.4) is 0 Å². The van der Waals surface area contributed by atoms with Gasteiger partial charge in [-0.3, -0.25) is 0 Å². The molecule has 0 spiro atoms. The third-order valence-electron chi connectivity index (χ3n) is 4.34. The molecule has 0 radical (unpaired) electrons. The van der Waals surface area contributed by atoms with Gasteiger partial charge in [0.2, 0.25) is 0 Å². The van der Waals surface area contributed by atoms with Crippen LogP contribution in [0, 0.1) is 0 Å². The summed E-state index contributed by atoms with van der Waals surface area (Å²) in [5.74, 6) is 0. The largest absolute Gasteiger partial charge is 0.394 e. The average molecular weight is 542 g/mol. The smallest absolute Gasteiger partial charge is 0.0860 e. The standard InChI is InChI=1S/2C8H21N3O.C4H13N3.C4H8O.CH4/c1-8(2,7-12)11-6-5-10-4-3-9;1-8(2,12)7-11-6-5-10-4-3-9;5-1-3-7-4-2-6;1-4(2)3-5-4;/h2*10-12H,3-7,9H2,1-2H3;7H,1-6H2;3H2,1-2H3;1H4. The van der Waals surface area contributed by atoms with E-state index in [1.54, 1.807) is 13.8 Å². The summed E-state index contributed by atoms with van der Waals surface area (Å²) in [6, 6.07) is 0. The van der Waals surface area contributed by atoms with E-state index in [-0.39, 0.29) is 25.2 Å². The van der Waals surface area contributed by atoms with Crippen LogP contribution in [0.1, 0.15) is 49.0 Å². The normalized spacial score (nSPS) is 13.6. The van der Waals surface area contributed by atoms with E-state index in [1.807, 2.05) is 13.8 Å². The molecule has 1 aliphatic heterocycles. The van der Waals surface area contributed by atoms with Crippen molar-refractivity contribution in [2.75, 3.05) is 98.3 Å². The molecule has 1 rings (SSSR count). The molecule has 0 unspecified atom stereocenters. The fourth-order valence-electron chi connectivity index (χ4n) is 2.04. The monoisotopic (exact) mass is 542 g/mol. The molecule has 0 aliphatic carbocycles. The van der Waals surface area contributed by atoms with Gasteiger partial charge in [-0.15, -0.1) is 0 Å². The van der Waals surface area contributed by atoms with Crippen LogP contribution in [0.2, 0.25) is 0 Å². The van der Waals surface area contributed by atoms with Gasteiger partial charge in [0, 0.05) is 90.6 Å². The molecule has 15 N–H and O–H groups in total. The lowest BCUT2D eigenvalue weighted by Gasteiger charge is -2.23. The van der Waals surface area contributed by atoms with Gasteiger partial charge in [-0.05, 0) is 41.5 Å². The maximum Gasteiger partial charge on any atom is 0.0860 e. The van der Waals surface area contributed by atoms with E-state index in [0.29, 0.717) is 32.7 Å². The molecular formula is C25H67N9O3.